The monoisotopic (exact) mass is 900 g/mol. The van der Waals surface area contributed by atoms with Crippen LogP contribution in [0.5, 0.6) is 11.5 Å². The summed E-state index contributed by atoms with van der Waals surface area (Å²) in [6.45, 7) is 7.94. The minimum absolute atomic E-state index is 0.106. The Morgan fingerprint density at radius 2 is 0.734 bits per heavy atom. The summed E-state index contributed by atoms with van der Waals surface area (Å²) in [7, 11) is 0. The zero-order chi connectivity index (χ0) is 47.1. The van der Waals surface area contributed by atoms with Gasteiger partial charge in [0.2, 0.25) is 24.8 Å². The van der Waals surface area contributed by atoms with E-state index in [1.54, 1.807) is 36.4 Å². The Bertz CT molecular complexity index is 1940. The minimum Gasteiger partial charge on any atom is -0.463 e. The molecule has 2 aliphatic heterocycles. The largest absolute Gasteiger partial charge is 0.463 e. The average Bonchev–Trinajstić information content (AvgIpc) is 3.19. The number of ether oxygens (including phenoxy) is 12. The van der Waals surface area contributed by atoms with Crippen LogP contribution in [0.3, 0.4) is 0 Å². The Kier molecular flexibility index (Phi) is 18.2. The summed E-state index contributed by atoms with van der Waals surface area (Å²) in [5.41, 5.74) is 0.629. The molecule has 346 valence electrons. The third-order valence-electron chi connectivity index (χ3n) is 8.68. The third-order valence-corrected chi connectivity index (χ3v) is 8.68. The molecule has 0 unspecified atom stereocenters. The van der Waals surface area contributed by atoms with Crippen LogP contribution in [0.25, 0.3) is 0 Å². The molecule has 4 rings (SSSR count). The van der Waals surface area contributed by atoms with E-state index in [0.717, 1.165) is 55.4 Å². The van der Waals surface area contributed by atoms with E-state index >= 15 is 0 Å². The van der Waals surface area contributed by atoms with Crippen molar-refractivity contribution in [1.29, 1.82) is 0 Å². The smallest absolute Gasteiger partial charge is 0.303 e. The van der Waals surface area contributed by atoms with E-state index in [9.17, 15) is 38.4 Å². The lowest BCUT2D eigenvalue weighted by Gasteiger charge is -2.44. The number of carbonyl (C=O) groups is 8. The molecule has 0 spiro atoms. The molecule has 2 fully saturated rings. The van der Waals surface area contributed by atoms with Gasteiger partial charge in [0.25, 0.3) is 0 Å². The van der Waals surface area contributed by atoms with Crippen molar-refractivity contribution in [1.82, 2.24) is 0 Å². The Labute approximate surface area is 366 Å². The van der Waals surface area contributed by atoms with Crippen molar-refractivity contribution in [3.8, 4) is 11.5 Å². The van der Waals surface area contributed by atoms with Crippen LogP contribution in [0.2, 0.25) is 0 Å². The van der Waals surface area contributed by atoms with Gasteiger partial charge in [-0.3, -0.25) is 38.4 Å². The first-order valence-electron chi connectivity index (χ1n) is 19.5. The van der Waals surface area contributed by atoms with Crippen LogP contribution in [-0.2, 0) is 85.7 Å². The third kappa shape index (κ3) is 14.9. The predicted molar refractivity (Wildman–Crippen MR) is 213 cm³/mol. The first-order valence-corrected chi connectivity index (χ1v) is 19.5. The fourth-order valence-electron chi connectivity index (χ4n) is 6.40. The van der Waals surface area contributed by atoms with Crippen LogP contribution in [0.4, 0.5) is 0 Å². The molecule has 2 saturated heterocycles. The van der Waals surface area contributed by atoms with Crippen molar-refractivity contribution in [3.63, 3.8) is 0 Å². The molecule has 2 aromatic rings. The van der Waals surface area contributed by atoms with E-state index in [1.165, 1.54) is 24.6 Å². The molecule has 2 aliphatic rings. The van der Waals surface area contributed by atoms with E-state index in [1.807, 2.05) is 0 Å². The number of esters is 8. The summed E-state index contributed by atoms with van der Waals surface area (Å²) >= 11 is 0. The van der Waals surface area contributed by atoms with Gasteiger partial charge in [-0.2, -0.15) is 10.2 Å². The lowest BCUT2D eigenvalue weighted by atomic mass is 9.98. The molecular formula is C42H48N2O20. The molecule has 22 nitrogen and oxygen atoms in total. The van der Waals surface area contributed by atoms with Gasteiger partial charge < -0.3 is 56.8 Å². The summed E-state index contributed by atoms with van der Waals surface area (Å²) in [5.74, 6) is -6.03. The quantitative estimate of drug-likeness (QED) is 0.0951. The van der Waals surface area contributed by atoms with E-state index in [0.29, 0.717) is 11.1 Å². The second-order valence-corrected chi connectivity index (χ2v) is 13.9. The number of carbonyl (C=O) groups excluding carboxylic acids is 8. The van der Waals surface area contributed by atoms with Gasteiger partial charge >= 0.3 is 47.8 Å². The number of hydrogen-bond donors (Lipinski definition) is 0. The highest BCUT2D eigenvalue weighted by Gasteiger charge is 2.55. The molecular weight excluding hydrogens is 852 g/mol. The Hall–Kier alpha value is -6.94. The van der Waals surface area contributed by atoms with Gasteiger partial charge in [-0.25, -0.2) is 0 Å². The van der Waals surface area contributed by atoms with Crippen molar-refractivity contribution < 1.29 is 95.2 Å². The fraction of sp³-hybridized carbons (Fsp3) is 0.476. The molecule has 2 heterocycles. The van der Waals surface area contributed by atoms with Crippen LogP contribution >= 0.6 is 0 Å². The minimum atomic E-state index is -1.53. The summed E-state index contributed by atoms with van der Waals surface area (Å²) in [6, 6.07) is 12.8. The Balaban J connectivity index is 1.64. The second-order valence-electron chi connectivity index (χ2n) is 13.9. The zero-order valence-corrected chi connectivity index (χ0v) is 36.0. The van der Waals surface area contributed by atoms with E-state index in [2.05, 4.69) is 10.2 Å². The zero-order valence-electron chi connectivity index (χ0n) is 36.0. The highest BCUT2D eigenvalue weighted by molar-refractivity contribution is 5.86. The van der Waals surface area contributed by atoms with Crippen LogP contribution in [0, 0.1) is 0 Å². The lowest BCUT2D eigenvalue weighted by molar-refractivity contribution is -0.288. The molecule has 64 heavy (non-hydrogen) atoms. The molecule has 0 radical (unpaired) electrons. The maximum absolute atomic E-state index is 12.3. The fourth-order valence-corrected chi connectivity index (χ4v) is 6.40. The summed E-state index contributed by atoms with van der Waals surface area (Å²) < 4.78 is 67.5. The topological polar surface area (TPSA) is 272 Å². The molecule has 0 aromatic heterocycles. The number of rotatable bonds is 17. The number of para-hydroxylation sites is 2. The van der Waals surface area contributed by atoms with Crippen LogP contribution in [0.1, 0.15) is 66.5 Å². The molecule has 0 amide bonds. The summed E-state index contributed by atoms with van der Waals surface area (Å²) in [6.07, 6.45) is -11.7. The van der Waals surface area contributed by atoms with Crippen LogP contribution in [0.15, 0.2) is 58.7 Å². The molecule has 22 heteroatoms. The maximum Gasteiger partial charge on any atom is 0.303 e. The van der Waals surface area contributed by atoms with Crippen molar-refractivity contribution in [2.45, 2.75) is 117 Å². The SMILES string of the molecule is CC(=O)OC[C@@H]1O[C@@H](Oc2ccccc2/C=N/N=C/c2ccccc2O[C@H]2O[C@H](COC(C)=O)[C@H](OC(C)=O)[C@H](OC(C)=O)[C@H]2OC(C)=O)[C@@H](OC(C)=O)[C@H](OC(C)=O)[C@@H]1OC(C)=O. The molecule has 0 N–H and O–H groups in total. The lowest BCUT2D eigenvalue weighted by Crippen LogP contribution is -2.63. The van der Waals surface area contributed by atoms with E-state index in [-0.39, 0.29) is 11.5 Å². The van der Waals surface area contributed by atoms with Gasteiger partial charge in [0, 0.05) is 66.5 Å². The van der Waals surface area contributed by atoms with Gasteiger partial charge in [0.15, 0.2) is 24.4 Å². The van der Waals surface area contributed by atoms with Crippen LogP contribution < -0.4 is 9.47 Å². The van der Waals surface area contributed by atoms with E-state index in [4.69, 9.17) is 56.8 Å². The normalized spacial score (nSPS) is 25.2. The predicted octanol–water partition coefficient (Wildman–Crippen LogP) is 2.06. The number of benzene rings is 2. The molecule has 0 saturated carbocycles. The Morgan fingerprint density at radius 1 is 0.438 bits per heavy atom. The van der Waals surface area contributed by atoms with Crippen molar-refractivity contribution >= 4 is 60.2 Å². The molecule has 0 aliphatic carbocycles. The molecule has 2 aromatic carbocycles. The number of hydrogen-bond acceptors (Lipinski definition) is 22. The Morgan fingerprint density at radius 3 is 1.05 bits per heavy atom. The molecule has 0 bridgehead atoms. The van der Waals surface area contributed by atoms with Gasteiger partial charge in [0.05, 0.1) is 12.4 Å². The van der Waals surface area contributed by atoms with E-state index < -0.39 is 122 Å². The van der Waals surface area contributed by atoms with Gasteiger partial charge in [0.1, 0.15) is 36.9 Å². The standard InChI is InChI=1S/C42H48N2O20/c1-21(45)53-19-33-35(55-23(3)47)37(57-25(5)49)39(59-27(7)51)41(63-33)61-31-15-11-9-13-29(31)17-43-44-18-30-14-10-12-16-32(30)62-42-40(60-28(8)52)38(58-26(6)50)36(56-24(4)48)34(64-42)20-54-22(2)46/h9-18,33-42H,19-20H2,1-8H3/b43-17+,44-18+/t33-,34+,35+,36-,37+,38-,39-,40+,41+,42-. The van der Waals surface area contributed by atoms with Gasteiger partial charge in [-0.05, 0) is 24.3 Å². The second kappa shape index (κ2) is 23.5. The highest BCUT2D eigenvalue weighted by atomic mass is 16.7. The van der Waals surface area contributed by atoms with Crippen molar-refractivity contribution in [2.24, 2.45) is 10.2 Å². The highest BCUT2D eigenvalue weighted by Crippen LogP contribution is 2.33. The van der Waals surface area contributed by atoms with Crippen molar-refractivity contribution in [3.05, 3.63) is 59.7 Å². The first-order chi connectivity index (χ1) is 30.3. The summed E-state index contributed by atoms with van der Waals surface area (Å²) in [4.78, 5) is 96.9. The summed E-state index contributed by atoms with van der Waals surface area (Å²) in [5, 5.41) is 8.28. The van der Waals surface area contributed by atoms with Gasteiger partial charge in [-0.1, -0.05) is 24.3 Å². The van der Waals surface area contributed by atoms with Crippen molar-refractivity contribution in [2.75, 3.05) is 13.2 Å². The van der Waals surface area contributed by atoms with Gasteiger partial charge in [-0.15, -0.1) is 0 Å². The first kappa shape index (κ1) is 49.7. The van der Waals surface area contributed by atoms with Crippen LogP contribution in [-0.4, -0.2) is 135 Å². The maximum atomic E-state index is 12.3. The molecule has 10 atom stereocenters. The number of nitrogens with zero attached hydrogens (tertiary/aromatic N) is 2. The average molecular weight is 901 g/mol.